The Morgan fingerprint density at radius 3 is 1.23 bits per heavy atom. The molecule has 0 aromatic heterocycles. The maximum atomic E-state index is 2.55. The van der Waals surface area contributed by atoms with Crippen molar-refractivity contribution in [1.82, 2.24) is 0 Å². The molecule has 0 fully saturated rings. The molecule has 15 rings (SSSR count). The summed E-state index contributed by atoms with van der Waals surface area (Å²) in [6.45, 7) is 0. The average Bonchev–Trinajstić information content (AvgIpc) is 3.53. The summed E-state index contributed by atoms with van der Waals surface area (Å²) >= 11 is 0. The van der Waals surface area contributed by atoms with Crippen LogP contribution < -0.4 is 4.90 Å². The van der Waals surface area contributed by atoms with Gasteiger partial charge in [-0.15, -0.1) is 0 Å². The van der Waals surface area contributed by atoms with E-state index in [9.17, 15) is 0 Å². The third-order valence-corrected chi connectivity index (χ3v) is 15.8. The molecular formula is C74H47N. The number of hydrogen-bond acceptors (Lipinski definition) is 1. The average molecular weight is 950 g/mol. The van der Waals surface area contributed by atoms with Gasteiger partial charge in [0.15, 0.2) is 0 Å². The first-order valence-corrected chi connectivity index (χ1v) is 26.0. The molecule has 0 radical (unpaired) electrons. The van der Waals surface area contributed by atoms with Gasteiger partial charge in [0, 0.05) is 16.5 Å². The van der Waals surface area contributed by atoms with Gasteiger partial charge in [-0.05, 0) is 150 Å². The van der Waals surface area contributed by atoms with Crippen molar-refractivity contribution in [1.29, 1.82) is 0 Å². The van der Waals surface area contributed by atoms with Crippen molar-refractivity contribution in [3.63, 3.8) is 0 Å². The minimum atomic E-state index is 1.09. The van der Waals surface area contributed by atoms with Gasteiger partial charge in [-0.3, -0.25) is 0 Å². The predicted molar refractivity (Wildman–Crippen MR) is 323 cm³/mol. The van der Waals surface area contributed by atoms with E-state index in [4.69, 9.17) is 0 Å². The van der Waals surface area contributed by atoms with Crippen molar-refractivity contribution >= 4 is 103 Å². The molecule has 15 aromatic rings. The van der Waals surface area contributed by atoms with Crippen LogP contribution in [0.5, 0.6) is 0 Å². The first-order chi connectivity index (χ1) is 37.2. The Labute approximate surface area is 435 Å². The number of nitrogens with zero attached hydrogens (tertiary/aromatic N) is 1. The van der Waals surface area contributed by atoms with Crippen LogP contribution in [0.3, 0.4) is 0 Å². The van der Waals surface area contributed by atoms with Crippen LogP contribution in [0.25, 0.3) is 131 Å². The van der Waals surface area contributed by atoms with Crippen LogP contribution in [0, 0.1) is 0 Å². The fourth-order valence-corrected chi connectivity index (χ4v) is 12.4. The Hall–Kier alpha value is -9.82. The maximum absolute atomic E-state index is 2.55. The second-order valence-corrected chi connectivity index (χ2v) is 19.9. The molecule has 0 amide bonds. The molecule has 75 heavy (non-hydrogen) atoms. The van der Waals surface area contributed by atoms with Gasteiger partial charge < -0.3 is 4.90 Å². The zero-order valence-corrected chi connectivity index (χ0v) is 41.1. The second kappa shape index (κ2) is 17.4. The standard InChI is InChI=1S/C74H47N/c1-3-20-49(21-4-1)68-47-67(51-40-38-50(39-41-51)57-37-19-27-48-22-7-10-28-56(48)57)72(52-23-5-2-6-24-52)74-66-43-42-55(46-69(66)62-33-15-18-36-65(62)73(68)74)75(70-44-53-25-8-11-29-58(53)60-31-13-16-34-63(60)70)71-45-54-26-9-12-30-59(54)61-32-14-17-35-64(61)71/h1-47H. The number of hydrogen-bond donors (Lipinski definition) is 0. The van der Waals surface area contributed by atoms with Crippen LogP contribution in [-0.2, 0) is 0 Å². The lowest BCUT2D eigenvalue weighted by molar-refractivity contribution is 1.33. The minimum Gasteiger partial charge on any atom is -0.309 e. The van der Waals surface area contributed by atoms with Crippen LogP contribution >= 0.6 is 0 Å². The highest BCUT2D eigenvalue weighted by molar-refractivity contribution is 6.33. The monoisotopic (exact) mass is 949 g/mol. The highest BCUT2D eigenvalue weighted by atomic mass is 15.1. The Kier molecular flexibility index (Phi) is 9.96. The maximum Gasteiger partial charge on any atom is 0.0546 e. The Morgan fingerprint density at radius 1 is 0.200 bits per heavy atom. The largest absolute Gasteiger partial charge is 0.309 e. The molecule has 15 aromatic carbocycles. The number of benzene rings is 15. The predicted octanol–water partition coefficient (Wildman–Crippen LogP) is 21.1. The second-order valence-electron chi connectivity index (χ2n) is 19.9. The molecule has 0 N–H and O–H groups in total. The Balaban J connectivity index is 1.06. The van der Waals surface area contributed by atoms with E-state index in [-0.39, 0.29) is 0 Å². The van der Waals surface area contributed by atoms with Crippen LogP contribution in [0.4, 0.5) is 17.1 Å². The zero-order valence-electron chi connectivity index (χ0n) is 41.1. The summed E-state index contributed by atoms with van der Waals surface area (Å²) in [6, 6.07) is 106. The summed E-state index contributed by atoms with van der Waals surface area (Å²) in [5.74, 6) is 0. The van der Waals surface area contributed by atoms with E-state index in [0.717, 1.165) is 17.1 Å². The Bertz CT molecular complexity index is 4620. The van der Waals surface area contributed by atoms with E-state index in [2.05, 4.69) is 290 Å². The molecule has 1 heteroatoms. The van der Waals surface area contributed by atoms with Gasteiger partial charge in [-0.2, -0.15) is 0 Å². The molecule has 1 nitrogen and oxygen atoms in total. The summed E-state index contributed by atoms with van der Waals surface area (Å²) < 4.78 is 0. The highest BCUT2D eigenvalue weighted by Crippen LogP contribution is 2.52. The van der Waals surface area contributed by atoms with Crippen LogP contribution in [-0.4, -0.2) is 0 Å². The van der Waals surface area contributed by atoms with Gasteiger partial charge in [0.05, 0.1) is 11.4 Å². The number of fused-ring (bicyclic) bond motifs is 13. The van der Waals surface area contributed by atoms with Crippen molar-refractivity contribution in [2.24, 2.45) is 0 Å². The molecule has 0 aliphatic carbocycles. The van der Waals surface area contributed by atoms with Crippen molar-refractivity contribution in [3.05, 3.63) is 285 Å². The third kappa shape index (κ3) is 6.93. The van der Waals surface area contributed by atoms with Crippen molar-refractivity contribution < 1.29 is 0 Å². The van der Waals surface area contributed by atoms with Gasteiger partial charge in [-0.25, -0.2) is 0 Å². The first kappa shape index (κ1) is 42.8. The van der Waals surface area contributed by atoms with Gasteiger partial charge in [-0.1, -0.05) is 255 Å². The third-order valence-electron chi connectivity index (χ3n) is 15.8. The van der Waals surface area contributed by atoms with E-state index in [1.165, 1.54) is 131 Å². The summed E-state index contributed by atoms with van der Waals surface area (Å²) in [4.78, 5) is 2.55. The van der Waals surface area contributed by atoms with E-state index < -0.39 is 0 Å². The quantitative estimate of drug-likeness (QED) is 0.144. The van der Waals surface area contributed by atoms with Gasteiger partial charge >= 0.3 is 0 Å². The van der Waals surface area contributed by atoms with E-state index in [0.29, 0.717) is 0 Å². The van der Waals surface area contributed by atoms with Crippen LogP contribution in [0.1, 0.15) is 0 Å². The lowest BCUT2D eigenvalue weighted by atomic mass is 9.81. The lowest BCUT2D eigenvalue weighted by Crippen LogP contribution is -2.11. The topological polar surface area (TPSA) is 3.24 Å². The van der Waals surface area contributed by atoms with Crippen molar-refractivity contribution in [3.8, 4) is 44.5 Å². The normalized spacial score (nSPS) is 11.7. The zero-order chi connectivity index (χ0) is 49.4. The Morgan fingerprint density at radius 2 is 0.627 bits per heavy atom. The summed E-state index contributed by atoms with van der Waals surface area (Å²) in [6.07, 6.45) is 0. The molecule has 348 valence electrons. The first-order valence-electron chi connectivity index (χ1n) is 26.0. The van der Waals surface area contributed by atoms with Crippen LogP contribution in [0.2, 0.25) is 0 Å². The van der Waals surface area contributed by atoms with Crippen molar-refractivity contribution in [2.75, 3.05) is 4.90 Å². The molecule has 0 aliphatic heterocycles. The molecule has 0 aliphatic rings. The highest BCUT2D eigenvalue weighted by Gasteiger charge is 2.25. The van der Waals surface area contributed by atoms with Crippen LogP contribution in [0.15, 0.2) is 285 Å². The minimum absolute atomic E-state index is 1.09. The van der Waals surface area contributed by atoms with Crippen molar-refractivity contribution in [2.45, 2.75) is 0 Å². The lowest BCUT2D eigenvalue weighted by Gasteiger charge is -2.30. The van der Waals surface area contributed by atoms with E-state index >= 15 is 0 Å². The van der Waals surface area contributed by atoms with Gasteiger partial charge in [0.25, 0.3) is 0 Å². The summed E-state index contributed by atoms with van der Waals surface area (Å²) in [7, 11) is 0. The van der Waals surface area contributed by atoms with E-state index in [1.54, 1.807) is 0 Å². The number of anilines is 3. The SMILES string of the molecule is c1ccc(-c2cc(-c3ccc(-c4cccc5ccccc45)cc3)c(-c3ccccc3)c3c4ccc(N(c5cc6ccccc6c6ccccc56)c5cc6ccccc6c6ccccc56)cc4c4ccccc4c23)cc1. The summed E-state index contributed by atoms with van der Waals surface area (Å²) in [5, 5.41) is 19.6. The number of rotatable bonds is 7. The smallest absolute Gasteiger partial charge is 0.0546 e. The molecular weight excluding hydrogens is 903 g/mol. The molecule has 0 saturated heterocycles. The summed E-state index contributed by atoms with van der Waals surface area (Å²) in [5.41, 5.74) is 13.0. The van der Waals surface area contributed by atoms with E-state index in [1.807, 2.05) is 0 Å². The molecule has 0 unspecified atom stereocenters. The fourth-order valence-electron chi connectivity index (χ4n) is 12.4. The van der Waals surface area contributed by atoms with Gasteiger partial charge in [0.1, 0.15) is 0 Å². The molecule has 0 saturated carbocycles. The molecule has 0 heterocycles. The molecule has 0 spiro atoms. The molecule has 0 bridgehead atoms. The fraction of sp³-hybridized carbons (Fsp3) is 0. The molecule has 0 atom stereocenters. The van der Waals surface area contributed by atoms with Gasteiger partial charge in [0.2, 0.25) is 0 Å².